The SMILES string of the molecule is O=c1nccccc1Nc1nc2c(F)cccc2c2nc(-c3ccc(F)cc3)nn12. The average Bonchev–Trinajstić information content (AvgIpc) is 3.10. The van der Waals surface area contributed by atoms with E-state index in [1.165, 1.54) is 35.0 Å². The Morgan fingerprint density at radius 1 is 0.900 bits per heavy atom. The van der Waals surface area contributed by atoms with Gasteiger partial charge in [-0.05, 0) is 48.5 Å². The van der Waals surface area contributed by atoms with E-state index >= 15 is 0 Å². The Labute approximate surface area is 167 Å². The highest BCUT2D eigenvalue weighted by Crippen LogP contribution is 2.26. The Balaban J connectivity index is 1.78. The molecule has 9 heteroatoms. The summed E-state index contributed by atoms with van der Waals surface area (Å²) >= 11 is 0. The number of halogens is 2. The van der Waals surface area contributed by atoms with E-state index in [2.05, 4.69) is 25.4 Å². The van der Waals surface area contributed by atoms with Crippen molar-refractivity contribution in [2.75, 3.05) is 5.32 Å². The fourth-order valence-electron chi connectivity index (χ4n) is 3.07. The maximum Gasteiger partial charge on any atom is 0.293 e. The Morgan fingerprint density at radius 2 is 1.73 bits per heavy atom. The topological polar surface area (TPSA) is 85.1 Å². The third-order valence-electron chi connectivity index (χ3n) is 4.48. The zero-order valence-corrected chi connectivity index (χ0v) is 15.3. The van der Waals surface area contributed by atoms with Crippen LogP contribution in [0.15, 0.2) is 71.7 Å². The average molecular weight is 402 g/mol. The first-order valence-electron chi connectivity index (χ1n) is 8.93. The number of nitrogens with zero attached hydrogens (tertiary/aromatic N) is 5. The van der Waals surface area contributed by atoms with Crippen molar-refractivity contribution in [2.45, 2.75) is 0 Å². The van der Waals surface area contributed by atoms with Crippen molar-refractivity contribution in [2.24, 2.45) is 0 Å². The molecule has 1 N–H and O–H groups in total. The van der Waals surface area contributed by atoms with Gasteiger partial charge in [-0.3, -0.25) is 4.79 Å². The molecule has 0 aliphatic rings. The normalized spacial score (nSPS) is 11.1. The maximum atomic E-state index is 14.5. The highest BCUT2D eigenvalue weighted by molar-refractivity contribution is 5.93. The van der Waals surface area contributed by atoms with Gasteiger partial charge in [0.1, 0.15) is 22.8 Å². The molecule has 0 atom stereocenters. The molecule has 5 rings (SSSR count). The first kappa shape index (κ1) is 17.8. The van der Waals surface area contributed by atoms with Crippen molar-refractivity contribution in [3.8, 4) is 11.4 Å². The zero-order chi connectivity index (χ0) is 20.7. The van der Waals surface area contributed by atoms with Gasteiger partial charge < -0.3 is 5.32 Å². The number of rotatable bonds is 3. The lowest BCUT2D eigenvalue weighted by molar-refractivity contribution is 0.628. The third-order valence-corrected chi connectivity index (χ3v) is 4.48. The molecule has 0 unspecified atom stereocenters. The van der Waals surface area contributed by atoms with Crippen LogP contribution in [-0.2, 0) is 0 Å². The number of benzene rings is 2. The fourth-order valence-corrected chi connectivity index (χ4v) is 3.07. The van der Waals surface area contributed by atoms with Crippen LogP contribution in [-0.4, -0.2) is 24.6 Å². The Morgan fingerprint density at radius 3 is 2.57 bits per heavy atom. The zero-order valence-electron chi connectivity index (χ0n) is 15.3. The van der Waals surface area contributed by atoms with Crippen LogP contribution >= 0.6 is 0 Å². The molecule has 2 aromatic carbocycles. The van der Waals surface area contributed by atoms with Crippen molar-refractivity contribution in [1.29, 1.82) is 0 Å². The number of nitrogens with one attached hydrogen (secondary N) is 1. The number of fused-ring (bicyclic) bond motifs is 3. The Hall–Kier alpha value is -4.27. The van der Waals surface area contributed by atoms with E-state index in [0.29, 0.717) is 22.4 Å². The summed E-state index contributed by atoms with van der Waals surface area (Å²) in [6.07, 6.45) is 1.37. The van der Waals surface area contributed by atoms with Gasteiger partial charge in [-0.1, -0.05) is 12.1 Å². The first-order chi connectivity index (χ1) is 14.6. The van der Waals surface area contributed by atoms with Crippen LogP contribution < -0.4 is 10.9 Å². The summed E-state index contributed by atoms with van der Waals surface area (Å²) in [6, 6.07) is 15.0. The molecule has 0 radical (unpaired) electrons. The lowest BCUT2D eigenvalue weighted by atomic mass is 10.2. The summed E-state index contributed by atoms with van der Waals surface area (Å²) in [7, 11) is 0. The molecule has 0 amide bonds. The minimum Gasteiger partial charge on any atom is -0.319 e. The van der Waals surface area contributed by atoms with Gasteiger partial charge in [-0.25, -0.2) is 23.7 Å². The van der Waals surface area contributed by atoms with Gasteiger partial charge >= 0.3 is 0 Å². The van der Waals surface area contributed by atoms with Crippen molar-refractivity contribution in [1.82, 2.24) is 24.6 Å². The molecule has 146 valence electrons. The molecule has 0 spiro atoms. The van der Waals surface area contributed by atoms with E-state index in [4.69, 9.17) is 0 Å². The highest BCUT2D eigenvalue weighted by Gasteiger charge is 2.17. The lowest BCUT2D eigenvalue weighted by Gasteiger charge is -2.08. The van der Waals surface area contributed by atoms with Crippen LogP contribution in [0.1, 0.15) is 0 Å². The second kappa shape index (κ2) is 6.96. The van der Waals surface area contributed by atoms with Gasteiger partial charge in [-0.15, -0.1) is 5.10 Å². The van der Waals surface area contributed by atoms with Crippen LogP contribution in [0, 0.1) is 11.6 Å². The van der Waals surface area contributed by atoms with E-state index < -0.39 is 11.4 Å². The molecule has 5 aromatic rings. The van der Waals surface area contributed by atoms with Crippen molar-refractivity contribution in [3.05, 3.63) is 88.8 Å². The summed E-state index contributed by atoms with van der Waals surface area (Å²) in [5.74, 6) is -0.529. The number of anilines is 2. The van der Waals surface area contributed by atoms with Gasteiger partial charge in [0.15, 0.2) is 11.5 Å². The van der Waals surface area contributed by atoms with E-state index in [0.717, 1.165) is 0 Å². The molecular weight excluding hydrogens is 390 g/mol. The van der Waals surface area contributed by atoms with Gasteiger partial charge in [0.2, 0.25) is 5.95 Å². The van der Waals surface area contributed by atoms with Crippen molar-refractivity contribution in [3.63, 3.8) is 0 Å². The quantitative estimate of drug-likeness (QED) is 0.495. The molecule has 0 saturated heterocycles. The van der Waals surface area contributed by atoms with Gasteiger partial charge in [-0.2, -0.15) is 4.52 Å². The highest BCUT2D eigenvalue weighted by atomic mass is 19.1. The van der Waals surface area contributed by atoms with Crippen LogP contribution in [0.4, 0.5) is 20.4 Å². The van der Waals surface area contributed by atoms with E-state index in [1.807, 2.05) is 0 Å². The maximum absolute atomic E-state index is 14.5. The minimum absolute atomic E-state index is 0.0753. The monoisotopic (exact) mass is 402 g/mol. The molecule has 0 bridgehead atoms. The summed E-state index contributed by atoms with van der Waals surface area (Å²) in [6.45, 7) is 0. The van der Waals surface area contributed by atoms with Gasteiger partial charge in [0.05, 0.1) is 0 Å². The molecule has 3 heterocycles. The van der Waals surface area contributed by atoms with Gasteiger partial charge in [0, 0.05) is 17.1 Å². The predicted molar refractivity (Wildman–Crippen MR) is 107 cm³/mol. The second-order valence-corrected chi connectivity index (χ2v) is 6.42. The molecule has 0 aliphatic heterocycles. The lowest BCUT2D eigenvalue weighted by Crippen LogP contribution is -2.12. The van der Waals surface area contributed by atoms with Crippen LogP contribution in [0.2, 0.25) is 0 Å². The third kappa shape index (κ3) is 3.02. The first-order valence-corrected chi connectivity index (χ1v) is 8.93. The number of hydrogen-bond donors (Lipinski definition) is 1. The molecule has 7 nitrogen and oxygen atoms in total. The van der Waals surface area contributed by atoms with Crippen LogP contribution in [0.25, 0.3) is 27.9 Å². The predicted octanol–water partition coefficient (Wildman–Crippen LogP) is 3.72. The van der Waals surface area contributed by atoms with E-state index in [-0.39, 0.29) is 23.0 Å². The van der Waals surface area contributed by atoms with Gasteiger partial charge in [0.25, 0.3) is 5.56 Å². The molecule has 0 saturated carbocycles. The summed E-state index contributed by atoms with van der Waals surface area (Å²) in [5, 5.41) is 7.77. The van der Waals surface area contributed by atoms with Crippen LogP contribution in [0.3, 0.4) is 0 Å². The number of para-hydroxylation sites is 1. The van der Waals surface area contributed by atoms with E-state index in [9.17, 15) is 13.6 Å². The molecule has 30 heavy (non-hydrogen) atoms. The standard InChI is InChI=1S/C21H12F2N6O/c22-13-9-7-12(8-10-13)18-27-19-14-4-3-5-15(23)17(14)26-21(29(19)28-18)25-16-6-1-2-11-24-20(16)30/h1-11H,(H,24,25,26,30). The summed E-state index contributed by atoms with van der Waals surface area (Å²) in [5.41, 5.74) is 0.618. The van der Waals surface area contributed by atoms with Crippen molar-refractivity contribution < 1.29 is 8.78 Å². The number of aromatic nitrogens is 5. The number of hydrogen-bond acceptors (Lipinski definition) is 6. The molecule has 3 aromatic heterocycles. The summed E-state index contributed by atoms with van der Waals surface area (Å²) < 4.78 is 29.2. The molecular formula is C21H12F2N6O. The summed E-state index contributed by atoms with van der Waals surface area (Å²) in [4.78, 5) is 24.8. The van der Waals surface area contributed by atoms with E-state index in [1.54, 1.807) is 36.4 Å². The fraction of sp³-hybridized carbons (Fsp3) is 0. The molecule has 0 aliphatic carbocycles. The Kier molecular flexibility index (Phi) is 4.13. The molecule has 0 fully saturated rings. The smallest absolute Gasteiger partial charge is 0.293 e. The van der Waals surface area contributed by atoms with Crippen molar-refractivity contribution >= 4 is 28.2 Å². The van der Waals surface area contributed by atoms with Crippen LogP contribution in [0.5, 0.6) is 0 Å². The largest absolute Gasteiger partial charge is 0.319 e. The Bertz CT molecular complexity index is 1470. The minimum atomic E-state index is -0.538. The second-order valence-electron chi connectivity index (χ2n) is 6.42.